The van der Waals surface area contributed by atoms with E-state index in [0.717, 1.165) is 0 Å². The van der Waals surface area contributed by atoms with Crippen molar-refractivity contribution in [1.29, 1.82) is 0 Å². The summed E-state index contributed by atoms with van der Waals surface area (Å²) in [7, 11) is 3.14. The number of aliphatic hydroxyl groups excluding tert-OH is 2. The molecular formula is C31H31N3O9. The van der Waals surface area contributed by atoms with Gasteiger partial charge in [0.05, 0.1) is 11.6 Å². The maximum absolute atomic E-state index is 13.9. The van der Waals surface area contributed by atoms with Gasteiger partial charge in [0, 0.05) is 17.2 Å². The summed E-state index contributed by atoms with van der Waals surface area (Å²) < 4.78 is 4.92. The van der Waals surface area contributed by atoms with Gasteiger partial charge >= 0.3 is 6.09 Å². The van der Waals surface area contributed by atoms with Crippen molar-refractivity contribution in [3.05, 3.63) is 82.8 Å². The van der Waals surface area contributed by atoms with E-state index in [9.17, 15) is 39.6 Å². The minimum atomic E-state index is -2.70. The number of amides is 2. The Morgan fingerprint density at radius 3 is 2.42 bits per heavy atom. The molecule has 0 fully saturated rings. The summed E-state index contributed by atoms with van der Waals surface area (Å²) in [5.74, 6) is -7.06. The van der Waals surface area contributed by atoms with E-state index in [-0.39, 0.29) is 36.3 Å². The number of ether oxygens (including phenoxy) is 1. The molecule has 43 heavy (non-hydrogen) atoms. The SMILES string of the molecule is C=CCOC(=O)Nc1ccc(-c2ccc(O)c3c2C[C@@H]2C[C@@H]4[C@@H](N(C)C)C(O)=C(C(N)=O)C(=O)[C@@]4(O)C(O)=C2C3=O)cc1. The number of Topliss-reactive ketones (excluding diaryl/α,β-unsaturated/α-hetero) is 2. The number of carbonyl (C=O) groups is 4. The summed E-state index contributed by atoms with van der Waals surface area (Å²) in [6, 6.07) is 8.64. The van der Waals surface area contributed by atoms with Crippen LogP contribution >= 0.6 is 0 Å². The number of likely N-dealkylation sites (N-methyl/N-ethyl adjacent to an activating group) is 1. The lowest BCUT2D eigenvalue weighted by Gasteiger charge is -2.50. The van der Waals surface area contributed by atoms with Crippen molar-refractivity contribution in [2.75, 3.05) is 26.0 Å². The van der Waals surface area contributed by atoms with Gasteiger partial charge in [-0.2, -0.15) is 0 Å². The lowest BCUT2D eigenvalue weighted by atomic mass is 9.58. The van der Waals surface area contributed by atoms with E-state index < -0.39 is 64.1 Å². The molecule has 0 aromatic heterocycles. The van der Waals surface area contributed by atoms with Gasteiger partial charge in [-0.15, -0.1) is 0 Å². The second kappa shape index (κ2) is 10.7. The van der Waals surface area contributed by atoms with Crippen LogP contribution in [0.25, 0.3) is 11.1 Å². The number of benzene rings is 2. The zero-order chi connectivity index (χ0) is 31.4. The zero-order valence-corrected chi connectivity index (χ0v) is 23.5. The summed E-state index contributed by atoms with van der Waals surface area (Å²) in [5.41, 5.74) is 3.73. The number of allylic oxidation sites excluding steroid dienone is 1. The summed E-state index contributed by atoms with van der Waals surface area (Å²) in [5, 5.41) is 47.4. The number of hydrogen-bond acceptors (Lipinski definition) is 10. The van der Waals surface area contributed by atoms with Crippen molar-refractivity contribution in [3.8, 4) is 16.9 Å². The Hall–Kier alpha value is -4.94. The molecule has 4 atom stereocenters. The van der Waals surface area contributed by atoms with Gasteiger partial charge in [-0.1, -0.05) is 30.9 Å². The maximum atomic E-state index is 13.9. The van der Waals surface area contributed by atoms with Gasteiger partial charge in [-0.3, -0.25) is 24.6 Å². The second-order valence-electron chi connectivity index (χ2n) is 11.0. The quantitative estimate of drug-likeness (QED) is 0.215. The number of ketones is 2. The van der Waals surface area contributed by atoms with Gasteiger partial charge in [0.25, 0.3) is 5.91 Å². The highest BCUT2D eigenvalue weighted by atomic mass is 16.5. The average molecular weight is 590 g/mol. The number of nitrogens with two attached hydrogens (primary N) is 1. The van der Waals surface area contributed by atoms with Crippen LogP contribution in [0.4, 0.5) is 10.5 Å². The molecule has 0 spiro atoms. The zero-order valence-electron chi connectivity index (χ0n) is 23.5. The molecule has 0 unspecified atom stereocenters. The van der Waals surface area contributed by atoms with Gasteiger partial charge in [-0.25, -0.2) is 4.79 Å². The molecule has 3 aliphatic rings. The van der Waals surface area contributed by atoms with E-state index in [4.69, 9.17) is 10.5 Å². The Balaban J connectivity index is 1.58. The number of phenolic OH excluding ortho intramolecular Hbond substituents is 1. The molecule has 12 heteroatoms. The Kier molecular flexibility index (Phi) is 7.36. The van der Waals surface area contributed by atoms with Crippen molar-refractivity contribution < 1.29 is 44.3 Å². The molecule has 12 nitrogen and oxygen atoms in total. The fourth-order valence-corrected chi connectivity index (χ4v) is 6.54. The highest BCUT2D eigenvalue weighted by molar-refractivity contribution is 6.25. The van der Waals surface area contributed by atoms with Gasteiger partial charge in [0.2, 0.25) is 5.78 Å². The Morgan fingerprint density at radius 2 is 1.81 bits per heavy atom. The molecule has 0 saturated heterocycles. The number of fused-ring (bicyclic) bond motifs is 3. The van der Waals surface area contributed by atoms with Crippen molar-refractivity contribution in [2.24, 2.45) is 17.6 Å². The predicted octanol–water partition coefficient (Wildman–Crippen LogP) is 2.52. The third kappa shape index (κ3) is 4.55. The van der Waals surface area contributed by atoms with Crippen LogP contribution in [0, 0.1) is 11.8 Å². The van der Waals surface area contributed by atoms with Crippen LogP contribution < -0.4 is 11.1 Å². The van der Waals surface area contributed by atoms with Crippen LogP contribution in [-0.4, -0.2) is 81.2 Å². The van der Waals surface area contributed by atoms with E-state index in [0.29, 0.717) is 22.4 Å². The molecule has 5 rings (SSSR count). The normalized spacial score (nSPS) is 24.7. The molecular weight excluding hydrogens is 558 g/mol. The summed E-state index contributed by atoms with van der Waals surface area (Å²) in [4.78, 5) is 52.8. The van der Waals surface area contributed by atoms with E-state index >= 15 is 0 Å². The van der Waals surface area contributed by atoms with Crippen LogP contribution in [-0.2, 0) is 20.7 Å². The third-order valence-electron chi connectivity index (χ3n) is 8.38. The van der Waals surface area contributed by atoms with Gasteiger partial charge in [-0.05, 0) is 67.7 Å². The van der Waals surface area contributed by atoms with Crippen LogP contribution in [0.15, 0.2) is 71.7 Å². The molecule has 2 aromatic rings. The molecule has 3 aliphatic carbocycles. The fourth-order valence-electron chi connectivity index (χ4n) is 6.54. The fraction of sp³-hybridized carbons (Fsp3) is 0.290. The molecule has 2 amide bonds. The molecule has 0 heterocycles. The molecule has 224 valence electrons. The molecule has 2 aromatic carbocycles. The first-order valence-electron chi connectivity index (χ1n) is 13.5. The number of primary amides is 1. The molecule has 0 aliphatic heterocycles. The Labute approximate surface area is 246 Å². The van der Waals surface area contributed by atoms with Gasteiger partial charge in [0.15, 0.2) is 11.4 Å². The number of aliphatic hydroxyl groups is 3. The van der Waals surface area contributed by atoms with E-state index in [2.05, 4.69) is 11.9 Å². The maximum Gasteiger partial charge on any atom is 0.411 e. The smallest absolute Gasteiger partial charge is 0.411 e. The number of carbonyl (C=O) groups excluding carboxylic acids is 4. The highest BCUT2D eigenvalue weighted by Gasteiger charge is 2.63. The lowest BCUT2D eigenvalue weighted by molar-refractivity contribution is -0.148. The molecule has 0 radical (unpaired) electrons. The van der Waals surface area contributed by atoms with Crippen molar-refractivity contribution >= 4 is 29.3 Å². The van der Waals surface area contributed by atoms with E-state index in [1.54, 1.807) is 44.4 Å². The number of aromatic hydroxyl groups is 1. The summed E-state index contributed by atoms with van der Waals surface area (Å²) in [6.45, 7) is 3.54. The lowest BCUT2D eigenvalue weighted by Crippen LogP contribution is -2.63. The second-order valence-corrected chi connectivity index (χ2v) is 11.0. The Bertz CT molecular complexity index is 1640. The summed E-state index contributed by atoms with van der Waals surface area (Å²) >= 11 is 0. The highest BCUT2D eigenvalue weighted by Crippen LogP contribution is 2.53. The molecule has 0 bridgehead atoms. The standard InChI is InChI=1S/C31H31N3O9/c1-4-11-43-30(41)33-16-7-5-14(6-8-16)17-9-10-20(35)22-18(17)12-15-13-19-24(34(2)3)26(37)23(29(32)40)28(39)31(19,42)27(38)21(15)25(22)36/h4-10,15,19,24,35,37-38,42H,1,11-13H2,2-3H3,(H2,32,40)(H,33,41)/t15-,19-,24-,31+/m1/s1. The summed E-state index contributed by atoms with van der Waals surface area (Å²) in [6.07, 6.45) is 0.913. The number of anilines is 1. The van der Waals surface area contributed by atoms with Crippen molar-refractivity contribution in [1.82, 2.24) is 4.90 Å². The first kappa shape index (κ1) is 29.5. The first-order valence-corrected chi connectivity index (χ1v) is 13.5. The number of rotatable bonds is 6. The van der Waals surface area contributed by atoms with Crippen LogP contribution in [0.2, 0.25) is 0 Å². The molecule has 7 N–H and O–H groups in total. The van der Waals surface area contributed by atoms with Crippen LogP contribution in [0.3, 0.4) is 0 Å². The van der Waals surface area contributed by atoms with Crippen molar-refractivity contribution in [3.63, 3.8) is 0 Å². The first-order chi connectivity index (χ1) is 20.3. The van der Waals surface area contributed by atoms with Gasteiger partial charge in [0.1, 0.15) is 29.4 Å². The van der Waals surface area contributed by atoms with E-state index in [1.807, 2.05) is 0 Å². The number of phenols is 1. The number of hydrogen-bond donors (Lipinski definition) is 6. The molecule has 0 saturated carbocycles. The van der Waals surface area contributed by atoms with Crippen molar-refractivity contribution in [2.45, 2.75) is 24.5 Å². The number of nitrogens with zero attached hydrogens (tertiary/aromatic N) is 1. The third-order valence-corrected chi connectivity index (χ3v) is 8.38. The minimum absolute atomic E-state index is 0.0173. The average Bonchev–Trinajstić information content (AvgIpc) is 2.94. The Morgan fingerprint density at radius 1 is 1.14 bits per heavy atom. The largest absolute Gasteiger partial charge is 0.510 e. The van der Waals surface area contributed by atoms with Gasteiger partial charge < -0.3 is 30.9 Å². The topological polar surface area (TPSA) is 200 Å². The van der Waals surface area contributed by atoms with E-state index in [1.165, 1.54) is 17.0 Å². The predicted molar refractivity (Wildman–Crippen MR) is 154 cm³/mol. The minimum Gasteiger partial charge on any atom is -0.510 e. The monoisotopic (exact) mass is 589 g/mol. The number of nitrogens with one attached hydrogen (secondary N) is 1. The van der Waals surface area contributed by atoms with Crippen LogP contribution in [0.5, 0.6) is 5.75 Å². The van der Waals surface area contributed by atoms with Crippen LogP contribution in [0.1, 0.15) is 22.3 Å².